The average molecular weight is 473 g/mol. The van der Waals surface area contributed by atoms with Gasteiger partial charge in [0, 0.05) is 19.3 Å². The van der Waals surface area contributed by atoms with Crippen molar-refractivity contribution in [2.24, 2.45) is 0 Å². The van der Waals surface area contributed by atoms with Crippen LogP contribution in [0.3, 0.4) is 0 Å². The predicted molar refractivity (Wildman–Crippen MR) is 130 cm³/mol. The molecule has 0 bridgehead atoms. The van der Waals surface area contributed by atoms with Crippen LogP contribution >= 0.6 is 0 Å². The van der Waals surface area contributed by atoms with Gasteiger partial charge in [0.1, 0.15) is 0 Å². The number of aromatic nitrogens is 3. The third-order valence-corrected chi connectivity index (χ3v) is 6.51. The number of aryl methyl sites for hydroxylation is 1. The Bertz CT molecular complexity index is 1500. The molecule has 2 aromatic heterocycles. The molecule has 1 N–H and O–H groups in total. The normalized spacial score (nSPS) is 15.5. The Kier molecular flexibility index (Phi) is 5.60. The zero-order valence-electron chi connectivity index (χ0n) is 19.3. The summed E-state index contributed by atoms with van der Waals surface area (Å²) >= 11 is 0. The SMILES string of the molecule is COC(=O)c1ccc(-c2ccc(-n3c(=O)n(C4CCN(C(=O)O)C4)c4ncccc43)c(C)c2)cc1. The van der Waals surface area contributed by atoms with Crippen LogP contribution in [0.25, 0.3) is 28.0 Å². The molecule has 1 saturated heterocycles. The van der Waals surface area contributed by atoms with Crippen molar-refractivity contribution in [3.8, 4) is 16.8 Å². The fourth-order valence-corrected chi connectivity index (χ4v) is 4.74. The number of ether oxygens (including phenoxy) is 1. The Morgan fingerprint density at radius 2 is 1.83 bits per heavy atom. The quantitative estimate of drug-likeness (QED) is 0.452. The lowest BCUT2D eigenvalue weighted by atomic mass is 10.0. The van der Waals surface area contributed by atoms with E-state index in [0.29, 0.717) is 29.7 Å². The van der Waals surface area contributed by atoms with Gasteiger partial charge < -0.3 is 14.7 Å². The van der Waals surface area contributed by atoms with Crippen molar-refractivity contribution in [3.63, 3.8) is 0 Å². The van der Waals surface area contributed by atoms with Crippen LogP contribution in [0.1, 0.15) is 28.4 Å². The third-order valence-electron chi connectivity index (χ3n) is 6.51. The van der Waals surface area contributed by atoms with Crippen LogP contribution < -0.4 is 5.69 Å². The van der Waals surface area contributed by atoms with Gasteiger partial charge in [0.15, 0.2) is 5.65 Å². The van der Waals surface area contributed by atoms with Crippen molar-refractivity contribution in [1.82, 2.24) is 19.0 Å². The zero-order chi connectivity index (χ0) is 24.7. The van der Waals surface area contributed by atoms with Gasteiger partial charge in [-0.2, -0.15) is 0 Å². The number of hydrogen-bond acceptors (Lipinski definition) is 5. The summed E-state index contributed by atoms with van der Waals surface area (Å²) in [6.07, 6.45) is 1.21. The van der Waals surface area contributed by atoms with Gasteiger partial charge in [-0.25, -0.2) is 19.4 Å². The number of fused-ring (bicyclic) bond motifs is 1. The highest BCUT2D eigenvalue weighted by atomic mass is 16.5. The summed E-state index contributed by atoms with van der Waals surface area (Å²) in [5.74, 6) is -0.388. The molecule has 9 heteroatoms. The number of esters is 1. The first-order chi connectivity index (χ1) is 16.9. The molecule has 1 aliphatic heterocycles. The van der Waals surface area contributed by atoms with Gasteiger partial charge in [-0.1, -0.05) is 18.2 Å². The Balaban J connectivity index is 1.56. The van der Waals surface area contributed by atoms with Crippen LogP contribution in [-0.4, -0.2) is 56.4 Å². The summed E-state index contributed by atoms with van der Waals surface area (Å²) in [7, 11) is 1.35. The van der Waals surface area contributed by atoms with Gasteiger partial charge in [-0.3, -0.25) is 9.13 Å². The van der Waals surface area contributed by atoms with Crippen LogP contribution in [0.15, 0.2) is 65.6 Å². The Labute approximate surface area is 200 Å². The standard InChI is InChI=1S/C26H24N4O5/c1-16-14-19(17-5-7-18(8-6-17)24(31)35-2)9-10-21(16)30-22-4-3-12-27-23(22)29(25(30)32)20-11-13-28(15-20)26(33)34/h3-10,12,14,20H,11,13,15H2,1-2H3,(H,33,34). The maximum absolute atomic E-state index is 13.7. The minimum atomic E-state index is -0.983. The van der Waals surface area contributed by atoms with E-state index < -0.39 is 6.09 Å². The number of pyridine rings is 1. The van der Waals surface area contributed by atoms with E-state index >= 15 is 0 Å². The second-order valence-electron chi connectivity index (χ2n) is 8.58. The second kappa shape index (κ2) is 8.75. The van der Waals surface area contributed by atoms with Crippen molar-refractivity contribution in [1.29, 1.82) is 0 Å². The molecule has 35 heavy (non-hydrogen) atoms. The molecule has 4 aromatic rings. The Hall–Kier alpha value is -4.40. The lowest BCUT2D eigenvalue weighted by molar-refractivity contribution is 0.0600. The summed E-state index contributed by atoms with van der Waals surface area (Å²) in [4.78, 5) is 42.6. The fraction of sp³-hybridized carbons (Fsp3) is 0.231. The van der Waals surface area contributed by atoms with Crippen LogP contribution in [0.4, 0.5) is 4.79 Å². The summed E-state index contributed by atoms with van der Waals surface area (Å²) < 4.78 is 8.02. The van der Waals surface area contributed by atoms with E-state index in [4.69, 9.17) is 4.74 Å². The molecule has 2 aromatic carbocycles. The third kappa shape index (κ3) is 3.84. The van der Waals surface area contributed by atoms with Gasteiger partial charge in [0.25, 0.3) is 0 Å². The monoisotopic (exact) mass is 472 g/mol. The molecule has 1 unspecified atom stereocenters. The summed E-state index contributed by atoms with van der Waals surface area (Å²) in [5.41, 5.74) is 4.95. The maximum Gasteiger partial charge on any atom is 0.407 e. The molecular formula is C26H24N4O5. The second-order valence-corrected chi connectivity index (χ2v) is 8.58. The number of benzene rings is 2. The lowest BCUT2D eigenvalue weighted by Crippen LogP contribution is -2.31. The minimum Gasteiger partial charge on any atom is -0.465 e. The number of hydrogen-bond donors (Lipinski definition) is 1. The van der Waals surface area contributed by atoms with Crippen LogP contribution in [0.2, 0.25) is 0 Å². The van der Waals surface area contributed by atoms with E-state index in [2.05, 4.69) is 4.98 Å². The molecule has 178 valence electrons. The highest BCUT2D eigenvalue weighted by molar-refractivity contribution is 5.90. The summed E-state index contributed by atoms with van der Waals surface area (Å²) in [6, 6.07) is 16.3. The number of carboxylic acid groups (broad SMARTS) is 1. The average Bonchev–Trinajstić information content (AvgIpc) is 3.46. The van der Waals surface area contributed by atoms with Crippen molar-refractivity contribution in [2.75, 3.05) is 20.2 Å². The smallest absolute Gasteiger partial charge is 0.407 e. The molecule has 1 atom stereocenters. The molecule has 1 amide bonds. The van der Waals surface area contributed by atoms with Crippen LogP contribution in [0, 0.1) is 6.92 Å². The molecule has 1 aliphatic rings. The molecule has 9 nitrogen and oxygen atoms in total. The Morgan fingerprint density at radius 3 is 2.49 bits per heavy atom. The van der Waals surface area contributed by atoms with E-state index in [0.717, 1.165) is 22.4 Å². The first-order valence-corrected chi connectivity index (χ1v) is 11.2. The fourth-order valence-electron chi connectivity index (χ4n) is 4.74. The van der Waals surface area contributed by atoms with Crippen LogP contribution in [0.5, 0.6) is 0 Å². The highest BCUT2D eigenvalue weighted by Crippen LogP contribution is 2.28. The first-order valence-electron chi connectivity index (χ1n) is 11.2. The van der Waals surface area contributed by atoms with Gasteiger partial charge in [-0.05, 0) is 66.4 Å². The molecule has 0 aliphatic carbocycles. The van der Waals surface area contributed by atoms with Gasteiger partial charge in [0.05, 0.1) is 29.9 Å². The number of nitrogens with zero attached hydrogens (tertiary/aromatic N) is 4. The zero-order valence-corrected chi connectivity index (χ0v) is 19.3. The Morgan fingerprint density at radius 1 is 1.09 bits per heavy atom. The molecule has 5 rings (SSSR count). The van der Waals surface area contributed by atoms with E-state index in [1.807, 2.05) is 43.3 Å². The predicted octanol–water partition coefficient (Wildman–Crippen LogP) is 3.87. The number of methoxy groups -OCH3 is 1. The lowest BCUT2D eigenvalue weighted by Gasteiger charge is -2.13. The van der Waals surface area contributed by atoms with E-state index in [1.165, 1.54) is 12.0 Å². The molecule has 0 radical (unpaired) electrons. The van der Waals surface area contributed by atoms with Gasteiger partial charge in [-0.15, -0.1) is 0 Å². The van der Waals surface area contributed by atoms with E-state index in [-0.39, 0.29) is 24.2 Å². The molecular weight excluding hydrogens is 448 g/mol. The van der Waals surface area contributed by atoms with Gasteiger partial charge >= 0.3 is 17.8 Å². The summed E-state index contributed by atoms with van der Waals surface area (Å²) in [5, 5.41) is 9.35. The number of rotatable bonds is 4. The minimum absolute atomic E-state index is 0.241. The summed E-state index contributed by atoms with van der Waals surface area (Å²) in [6.45, 7) is 2.58. The van der Waals surface area contributed by atoms with Crippen molar-refractivity contribution < 1.29 is 19.4 Å². The molecule has 1 fully saturated rings. The van der Waals surface area contributed by atoms with Crippen molar-refractivity contribution >= 4 is 23.2 Å². The van der Waals surface area contributed by atoms with Crippen molar-refractivity contribution in [3.05, 3.63) is 82.4 Å². The molecule has 0 saturated carbocycles. The van der Waals surface area contributed by atoms with E-state index in [9.17, 15) is 19.5 Å². The number of amides is 1. The number of carbonyl (C=O) groups is 2. The number of imidazole rings is 1. The molecule has 0 spiro atoms. The maximum atomic E-state index is 13.7. The molecule has 3 heterocycles. The van der Waals surface area contributed by atoms with Gasteiger partial charge in [0.2, 0.25) is 0 Å². The number of carbonyl (C=O) groups excluding carboxylic acids is 1. The van der Waals surface area contributed by atoms with E-state index in [1.54, 1.807) is 33.5 Å². The highest BCUT2D eigenvalue weighted by Gasteiger charge is 2.31. The topological polar surface area (TPSA) is 107 Å². The first kappa shape index (κ1) is 22.4. The van der Waals surface area contributed by atoms with Crippen LogP contribution in [-0.2, 0) is 4.74 Å². The van der Waals surface area contributed by atoms with Crippen molar-refractivity contribution in [2.45, 2.75) is 19.4 Å². The number of likely N-dealkylation sites (tertiary alicyclic amines) is 1. The largest absolute Gasteiger partial charge is 0.465 e.